The van der Waals surface area contributed by atoms with Gasteiger partial charge < -0.3 is 16.2 Å². The number of pyridine rings is 1. The summed E-state index contributed by atoms with van der Waals surface area (Å²) < 4.78 is 5.59. The number of hydrogen-bond acceptors (Lipinski definition) is 4. The second kappa shape index (κ2) is 2.80. The molecule has 1 aliphatic carbocycles. The Labute approximate surface area is 76.9 Å². The highest BCUT2D eigenvalue weighted by molar-refractivity contribution is 5.61. The van der Waals surface area contributed by atoms with Gasteiger partial charge in [0.25, 0.3) is 0 Å². The molecule has 0 radical (unpaired) electrons. The van der Waals surface area contributed by atoms with E-state index >= 15 is 0 Å². The number of hydrogen-bond donors (Lipinski definition) is 2. The fraction of sp³-hybridized carbons (Fsp3) is 0.444. The summed E-state index contributed by atoms with van der Waals surface area (Å²) in [5.74, 6) is 1.13. The molecule has 4 N–H and O–H groups in total. The lowest BCUT2D eigenvalue weighted by molar-refractivity contribution is 0.300. The Balaban J connectivity index is 2.27. The van der Waals surface area contributed by atoms with Crippen molar-refractivity contribution in [2.24, 2.45) is 0 Å². The first kappa shape index (κ1) is 8.16. The van der Waals surface area contributed by atoms with Crippen LogP contribution in [0.1, 0.15) is 18.5 Å². The third kappa shape index (κ3) is 1.66. The third-order valence-electron chi connectivity index (χ3n) is 2.05. The number of rotatable bonds is 2. The molecule has 0 aliphatic heterocycles. The highest BCUT2D eigenvalue weighted by Crippen LogP contribution is 2.30. The molecular weight excluding hydrogens is 166 g/mol. The minimum Gasteiger partial charge on any atom is -0.488 e. The highest BCUT2D eigenvalue weighted by Gasteiger charge is 2.24. The lowest BCUT2D eigenvalue weighted by Crippen LogP contribution is -2.04. The second-order valence-corrected chi connectivity index (χ2v) is 3.36. The third-order valence-corrected chi connectivity index (χ3v) is 2.05. The second-order valence-electron chi connectivity index (χ2n) is 3.36. The molecule has 0 spiro atoms. The lowest BCUT2D eigenvalue weighted by atomic mass is 10.3. The smallest absolute Gasteiger partial charge is 0.147 e. The van der Waals surface area contributed by atoms with Gasteiger partial charge >= 0.3 is 0 Å². The van der Waals surface area contributed by atoms with Crippen molar-refractivity contribution >= 4 is 11.5 Å². The summed E-state index contributed by atoms with van der Waals surface area (Å²) >= 11 is 0. The summed E-state index contributed by atoms with van der Waals surface area (Å²) in [6.07, 6.45) is 2.62. The average molecular weight is 179 g/mol. The van der Waals surface area contributed by atoms with E-state index in [1.54, 1.807) is 6.07 Å². The summed E-state index contributed by atoms with van der Waals surface area (Å²) in [4.78, 5) is 4.08. The molecule has 1 saturated carbocycles. The van der Waals surface area contributed by atoms with Crippen molar-refractivity contribution < 1.29 is 4.74 Å². The largest absolute Gasteiger partial charge is 0.488 e. The van der Waals surface area contributed by atoms with E-state index in [1.165, 1.54) is 0 Å². The molecule has 70 valence electrons. The normalized spacial score (nSPS) is 15.8. The van der Waals surface area contributed by atoms with Gasteiger partial charge in [0.2, 0.25) is 0 Å². The Bertz CT molecular complexity index is 334. The van der Waals surface area contributed by atoms with E-state index in [0.717, 1.165) is 24.3 Å². The predicted molar refractivity (Wildman–Crippen MR) is 51.4 cm³/mol. The highest BCUT2D eigenvalue weighted by atomic mass is 16.5. The first-order chi connectivity index (χ1) is 6.16. The van der Waals surface area contributed by atoms with E-state index in [4.69, 9.17) is 16.2 Å². The van der Waals surface area contributed by atoms with Crippen molar-refractivity contribution in [3.8, 4) is 5.75 Å². The van der Waals surface area contributed by atoms with Gasteiger partial charge in [-0.1, -0.05) is 0 Å². The van der Waals surface area contributed by atoms with Crippen LogP contribution >= 0.6 is 0 Å². The van der Waals surface area contributed by atoms with Crippen LogP contribution in [0.4, 0.5) is 11.5 Å². The predicted octanol–water partition coefficient (Wildman–Crippen LogP) is 1.10. The molecule has 0 amide bonds. The van der Waals surface area contributed by atoms with E-state index in [-0.39, 0.29) is 0 Å². The molecule has 0 saturated heterocycles. The monoisotopic (exact) mass is 179 g/mol. The SMILES string of the molecule is Cc1nc(N)c(N)cc1OC1CC1. The average Bonchev–Trinajstić information content (AvgIpc) is 2.84. The van der Waals surface area contributed by atoms with Crippen molar-refractivity contribution in [2.75, 3.05) is 11.5 Å². The van der Waals surface area contributed by atoms with Crippen molar-refractivity contribution in [3.63, 3.8) is 0 Å². The Morgan fingerprint density at radius 2 is 2.15 bits per heavy atom. The van der Waals surface area contributed by atoms with Gasteiger partial charge in [-0.05, 0) is 19.8 Å². The van der Waals surface area contributed by atoms with Gasteiger partial charge in [0.1, 0.15) is 11.6 Å². The van der Waals surface area contributed by atoms with Crippen molar-refractivity contribution in [3.05, 3.63) is 11.8 Å². The molecule has 13 heavy (non-hydrogen) atoms. The van der Waals surface area contributed by atoms with Crippen molar-refractivity contribution in [1.82, 2.24) is 4.98 Å². The quantitative estimate of drug-likeness (QED) is 0.712. The van der Waals surface area contributed by atoms with Crippen molar-refractivity contribution in [2.45, 2.75) is 25.9 Å². The van der Waals surface area contributed by atoms with Gasteiger partial charge in [-0.15, -0.1) is 0 Å². The van der Waals surface area contributed by atoms with Crippen LogP contribution < -0.4 is 16.2 Å². The van der Waals surface area contributed by atoms with Crippen LogP contribution in [0.3, 0.4) is 0 Å². The van der Waals surface area contributed by atoms with Crippen LogP contribution in [0.15, 0.2) is 6.07 Å². The number of aromatic nitrogens is 1. The van der Waals surface area contributed by atoms with Crippen LogP contribution in [0.25, 0.3) is 0 Å². The molecule has 0 unspecified atom stereocenters. The molecular formula is C9H13N3O. The first-order valence-corrected chi connectivity index (χ1v) is 4.36. The molecule has 1 aromatic heterocycles. The number of anilines is 2. The van der Waals surface area contributed by atoms with Gasteiger partial charge in [-0.2, -0.15) is 0 Å². The molecule has 1 aliphatic rings. The summed E-state index contributed by atoms with van der Waals surface area (Å²) in [6.45, 7) is 1.87. The van der Waals surface area contributed by atoms with Gasteiger partial charge in [0, 0.05) is 6.07 Å². The van der Waals surface area contributed by atoms with Gasteiger partial charge in [0.05, 0.1) is 17.5 Å². The van der Waals surface area contributed by atoms with Crippen LogP contribution in [0.2, 0.25) is 0 Å². The summed E-state index contributed by atoms with van der Waals surface area (Å²) in [7, 11) is 0. The maximum Gasteiger partial charge on any atom is 0.147 e. The zero-order valence-corrected chi connectivity index (χ0v) is 7.58. The van der Waals surface area contributed by atoms with Crippen molar-refractivity contribution in [1.29, 1.82) is 0 Å². The topological polar surface area (TPSA) is 74.2 Å². The Morgan fingerprint density at radius 1 is 1.46 bits per heavy atom. The summed E-state index contributed by atoms with van der Waals surface area (Å²) in [5.41, 5.74) is 12.5. The zero-order valence-electron chi connectivity index (χ0n) is 7.58. The van der Waals surface area contributed by atoms with Gasteiger partial charge in [0.15, 0.2) is 0 Å². The zero-order chi connectivity index (χ0) is 9.42. The molecule has 4 nitrogen and oxygen atoms in total. The van der Waals surface area contributed by atoms with E-state index in [1.807, 2.05) is 6.92 Å². The van der Waals surface area contributed by atoms with E-state index < -0.39 is 0 Å². The number of nitrogens with zero attached hydrogens (tertiary/aromatic N) is 1. The molecule has 0 bridgehead atoms. The van der Waals surface area contributed by atoms with Crippen LogP contribution in [-0.2, 0) is 0 Å². The van der Waals surface area contributed by atoms with Crippen LogP contribution in [0, 0.1) is 6.92 Å². The lowest BCUT2D eigenvalue weighted by Gasteiger charge is -2.09. The van der Waals surface area contributed by atoms with Gasteiger partial charge in [-0.25, -0.2) is 4.98 Å². The minimum atomic E-state index is 0.364. The van der Waals surface area contributed by atoms with Gasteiger partial charge in [-0.3, -0.25) is 0 Å². The fourth-order valence-corrected chi connectivity index (χ4v) is 1.10. The van der Waals surface area contributed by atoms with Crippen LogP contribution in [-0.4, -0.2) is 11.1 Å². The number of nitrogen functional groups attached to an aromatic ring is 2. The number of aryl methyl sites for hydroxylation is 1. The number of ether oxygens (including phenoxy) is 1. The Morgan fingerprint density at radius 3 is 2.77 bits per heavy atom. The molecule has 1 aromatic rings. The summed E-state index contributed by atoms with van der Waals surface area (Å²) in [5, 5.41) is 0. The maximum atomic E-state index is 5.62. The van der Waals surface area contributed by atoms with Crippen LogP contribution in [0.5, 0.6) is 5.75 Å². The standard InChI is InChI=1S/C9H13N3O/c1-5-8(13-6-2-3-6)4-7(10)9(11)12-5/h4,6H,2-3,10H2,1H3,(H2,11,12). The van der Waals surface area contributed by atoms with E-state index in [9.17, 15) is 0 Å². The van der Waals surface area contributed by atoms with E-state index in [0.29, 0.717) is 17.6 Å². The fourth-order valence-electron chi connectivity index (χ4n) is 1.10. The first-order valence-electron chi connectivity index (χ1n) is 4.36. The number of nitrogens with two attached hydrogens (primary N) is 2. The summed E-state index contributed by atoms with van der Waals surface area (Å²) in [6, 6.07) is 1.75. The molecule has 1 fully saturated rings. The molecule has 4 heteroatoms. The maximum absolute atomic E-state index is 5.62. The Kier molecular flexibility index (Phi) is 1.76. The molecule has 0 aromatic carbocycles. The Hall–Kier alpha value is -1.45. The minimum absolute atomic E-state index is 0.364. The molecule has 2 rings (SSSR count). The van der Waals surface area contributed by atoms with E-state index in [2.05, 4.69) is 4.98 Å². The molecule has 1 heterocycles. The molecule has 0 atom stereocenters.